The molecule has 0 unspecified atom stereocenters. The number of aliphatic hydroxyl groups is 6. The summed E-state index contributed by atoms with van der Waals surface area (Å²) in [7, 11) is 2.77. The van der Waals surface area contributed by atoms with Gasteiger partial charge in [0.1, 0.15) is 71.0 Å². The van der Waals surface area contributed by atoms with Crippen molar-refractivity contribution in [3.63, 3.8) is 0 Å². The molecule has 12 atom stereocenters. The molecule has 7 N–H and O–H groups in total. The molecule has 3 fully saturated rings. The summed E-state index contributed by atoms with van der Waals surface area (Å²) in [5, 5.41) is 75.6. The van der Waals surface area contributed by atoms with E-state index >= 15 is 0 Å². The number of methoxy groups -OCH3 is 2. The number of ether oxygens (including phenoxy) is 9. The zero-order valence-electron chi connectivity index (χ0n) is 39.9. The van der Waals surface area contributed by atoms with Crippen molar-refractivity contribution in [2.45, 2.75) is 183 Å². The van der Waals surface area contributed by atoms with Crippen LogP contribution in [0.5, 0.6) is 23.0 Å². The molecule has 0 saturated carbocycles. The molecule has 4 heterocycles. The molecular weight excluding hydrogens is 905 g/mol. The molecule has 19 heteroatoms. The van der Waals surface area contributed by atoms with Crippen LogP contribution in [-0.4, -0.2) is 150 Å². The number of aliphatic hydroxyl groups excluding tert-OH is 6. The number of hydrogen-bond donors (Lipinski definition) is 7. The summed E-state index contributed by atoms with van der Waals surface area (Å²) in [5.74, 6) is -0.382. The number of benzene rings is 2. The number of carbonyl (C=O) groups excluding carboxylic acids is 1. The van der Waals surface area contributed by atoms with Crippen molar-refractivity contribution in [3.05, 3.63) is 46.6 Å². The van der Waals surface area contributed by atoms with E-state index in [2.05, 4.69) is 6.92 Å². The number of unbranched alkanes of at least 4 members (excludes halogenated alkanes) is 14. The Labute approximate surface area is 402 Å². The molecule has 2 aromatic carbocycles. The van der Waals surface area contributed by atoms with Crippen LogP contribution in [0.3, 0.4) is 0 Å². The quantitative estimate of drug-likeness (QED) is 0.0423. The molecule has 0 bridgehead atoms. The van der Waals surface area contributed by atoms with Gasteiger partial charge in [0.25, 0.3) is 0 Å². The lowest BCUT2D eigenvalue weighted by atomic mass is 10.0. The van der Waals surface area contributed by atoms with Gasteiger partial charge in [-0.1, -0.05) is 96.8 Å². The van der Waals surface area contributed by atoms with Gasteiger partial charge in [-0.2, -0.15) is 0 Å². The van der Waals surface area contributed by atoms with E-state index in [4.69, 9.17) is 47.0 Å². The van der Waals surface area contributed by atoms with Crippen LogP contribution in [0.25, 0.3) is 22.3 Å². The molecule has 386 valence electrons. The third-order valence-corrected chi connectivity index (χ3v) is 12.8. The molecule has 0 aliphatic carbocycles. The third kappa shape index (κ3) is 14.7. The topological polar surface area (TPSA) is 272 Å². The van der Waals surface area contributed by atoms with Crippen LogP contribution >= 0.6 is 0 Å². The highest BCUT2D eigenvalue weighted by Crippen LogP contribution is 2.38. The number of fused-ring (bicyclic) bond motifs is 1. The SMILES string of the molecule is CCCCCCCCCCCCCCCCCC(=O)O[C@H]1[C@@H](O[C@H]2[C@@H](O[C@H]3[C@@H](Oc4ccc(-c5cc(=O)c6c(O)cc(OC)cc6o5)cc4OC)OC[C@@H](O)[C@@H]3O)OC[C@@H](O)[C@@H]2O)OC[C@@H](O)[C@@H]1O. The number of phenolic OH excluding ortho intramolecular Hbond substituents is 1. The first-order valence-corrected chi connectivity index (χ1v) is 24.5. The van der Waals surface area contributed by atoms with E-state index in [9.17, 15) is 45.3 Å². The second-order valence-electron chi connectivity index (χ2n) is 18.1. The molecule has 19 nitrogen and oxygen atoms in total. The predicted molar refractivity (Wildman–Crippen MR) is 248 cm³/mol. The molecule has 0 amide bonds. The van der Waals surface area contributed by atoms with Gasteiger partial charge in [-0.3, -0.25) is 9.59 Å². The second kappa shape index (κ2) is 26.9. The van der Waals surface area contributed by atoms with Gasteiger partial charge in [0.2, 0.25) is 6.29 Å². The first-order valence-electron chi connectivity index (χ1n) is 24.5. The molecule has 3 aromatic rings. The van der Waals surface area contributed by atoms with Gasteiger partial charge in [-0.05, 0) is 24.6 Å². The van der Waals surface area contributed by atoms with Crippen molar-refractivity contribution in [2.24, 2.45) is 0 Å². The highest BCUT2D eigenvalue weighted by atomic mass is 16.8. The van der Waals surface area contributed by atoms with E-state index in [1.54, 1.807) is 6.07 Å². The lowest BCUT2D eigenvalue weighted by Gasteiger charge is -2.45. The van der Waals surface area contributed by atoms with Crippen molar-refractivity contribution in [3.8, 4) is 34.3 Å². The van der Waals surface area contributed by atoms with E-state index in [0.29, 0.717) is 12.0 Å². The van der Waals surface area contributed by atoms with Crippen LogP contribution in [0.2, 0.25) is 0 Å². The maximum atomic E-state index is 13.1. The van der Waals surface area contributed by atoms with Crippen molar-refractivity contribution in [1.82, 2.24) is 0 Å². The summed E-state index contributed by atoms with van der Waals surface area (Å²) in [4.78, 5) is 26.1. The summed E-state index contributed by atoms with van der Waals surface area (Å²) in [6, 6.07) is 8.51. The van der Waals surface area contributed by atoms with Crippen LogP contribution in [0, 0.1) is 0 Å². The fourth-order valence-electron chi connectivity index (χ4n) is 8.76. The third-order valence-electron chi connectivity index (χ3n) is 12.8. The molecule has 0 radical (unpaired) electrons. The molecule has 1 aromatic heterocycles. The number of aromatic hydroxyl groups is 1. The van der Waals surface area contributed by atoms with Crippen LogP contribution in [-0.2, 0) is 33.2 Å². The molecule has 3 saturated heterocycles. The molecular formula is C50H72O19. The van der Waals surface area contributed by atoms with E-state index in [0.717, 1.165) is 25.7 Å². The van der Waals surface area contributed by atoms with Gasteiger partial charge < -0.3 is 82.8 Å². The van der Waals surface area contributed by atoms with Crippen molar-refractivity contribution >= 4 is 16.9 Å². The lowest BCUT2D eigenvalue weighted by Crippen LogP contribution is -2.63. The monoisotopic (exact) mass is 976 g/mol. The maximum Gasteiger partial charge on any atom is 0.306 e. The Balaban J connectivity index is 1.06. The smallest absolute Gasteiger partial charge is 0.306 e. The fraction of sp³-hybridized carbons (Fsp3) is 0.680. The zero-order valence-corrected chi connectivity index (χ0v) is 39.9. The van der Waals surface area contributed by atoms with Crippen molar-refractivity contribution in [1.29, 1.82) is 0 Å². The Morgan fingerprint density at radius 1 is 0.609 bits per heavy atom. The molecule has 3 aliphatic rings. The van der Waals surface area contributed by atoms with Crippen LogP contribution in [0.15, 0.2) is 45.6 Å². The maximum absolute atomic E-state index is 13.1. The van der Waals surface area contributed by atoms with Crippen molar-refractivity contribution in [2.75, 3.05) is 34.0 Å². The first-order chi connectivity index (χ1) is 33.3. The average Bonchev–Trinajstić information content (AvgIpc) is 3.33. The highest BCUT2D eigenvalue weighted by molar-refractivity contribution is 5.86. The molecule has 69 heavy (non-hydrogen) atoms. The first kappa shape index (κ1) is 54.2. The van der Waals surface area contributed by atoms with Crippen LogP contribution in [0.1, 0.15) is 110 Å². The zero-order chi connectivity index (χ0) is 49.5. The van der Waals surface area contributed by atoms with Crippen LogP contribution < -0.4 is 19.6 Å². The Bertz CT molecular complexity index is 2100. The minimum absolute atomic E-state index is 0.0315. The normalized spacial score (nSPS) is 28.4. The summed E-state index contributed by atoms with van der Waals surface area (Å²) in [5.41, 5.74) is -0.0507. The summed E-state index contributed by atoms with van der Waals surface area (Å²) < 4.78 is 58.0. The van der Waals surface area contributed by atoms with E-state index in [1.165, 1.54) is 109 Å². The molecule has 3 aliphatic heterocycles. The standard InChI is InChI=1S/C50H72O19/c1-4-5-6-7-8-9-10-11-12-13-14-15-16-17-18-19-40(56)67-45-42(57)33(53)27-63-49(45)69-47-44(59)35(55)28-64-50(47)68-46-43(58)34(54)26-62-48(46)66-36-21-20-29(22-38(36)61-3)37-25-32(52)41-31(51)23-30(60-2)24-39(41)65-37/h20-25,33-35,42-51,53-55,57-59H,4-19,26-28H2,1-3H3/t33-,34-,35-,42+,43+,44+,45-,46-,47-,48-,49-,50-/m1/s1. The van der Waals surface area contributed by atoms with Gasteiger partial charge in [0.05, 0.1) is 34.0 Å². The van der Waals surface area contributed by atoms with Gasteiger partial charge in [0, 0.05) is 30.2 Å². The number of rotatable bonds is 26. The summed E-state index contributed by atoms with van der Waals surface area (Å²) >= 11 is 0. The molecule has 0 spiro atoms. The molecule has 6 rings (SSSR count). The average molecular weight is 977 g/mol. The summed E-state index contributed by atoms with van der Waals surface area (Å²) in [6.07, 6.45) is -1.35. The number of carbonyl (C=O) groups is 1. The minimum Gasteiger partial charge on any atom is -0.507 e. The van der Waals surface area contributed by atoms with E-state index in [1.807, 2.05) is 0 Å². The van der Waals surface area contributed by atoms with Crippen molar-refractivity contribution < 1.29 is 87.6 Å². The van der Waals surface area contributed by atoms with Gasteiger partial charge >= 0.3 is 5.97 Å². The second-order valence-corrected chi connectivity index (χ2v) is 18.1. The Hall–Kier alpha value is -4.12. The van der Waals surface area contributed by atoms with Crippen LogP contribution in [0.4, 0.5) is 0 Å². The Morgan fingerprint density at radius 2 is 1.12 bits per heavy atom. The number of esters is 1. The number of phenols is 1. The van der Waals surface area contributed by atoms with E-state index in [-0.39, 0.29) is 52.8 Å². The predicted octanol–water partition coefficient (Wildman–Crippen LogP) is 4.74. The Kier molecular flexibility index (Phi) is 21.1. The highest BCUT2D eigenvalue weighted by Gasteiger charge is 2.51. The number of hydrogen-bond acceptors (Lipinski definition) is 19. The van der Waals surface area contributed by atoms with Gasteiger partial charge in [0.15, 0.2) is 41.7 Å². The lowest BCUT2D eigenvalue weighted by molar-refractivity contribution is -0.367. The largest absolute Gasteiger partial charge is 0.507 e. The minimum atomic E-state index is -1.72. The Morgan fingerprint density at radius 3 is 1.67 bits per heavy atom. The van der Waals surface area contributed by atoms with Gasteiger partial charge in [-0.25, -0.2) is 0 Å². The fourth-order valence-corrected chi connectivity index (χ4v) is 8.76. The summed E-state index contributed by atoms with van der Waals surface area (Å²) in [6.45, 7) is 0.956. The van der Waals surface area contributed by atoms with E-state index < -0.39 is 98.4 Å². The van der Waals surface area contributed by atoms with Gasteiger partial charge in [-0.15, -0.1) is 0 Å².